The number of pyridine rings is 2. The molecule has 1 atom stereocenters. The van der Waals surface area contributed by atoms with E-state index in [0.29, 0.717) is 31.4 Å². The Balaban J connectivity index is 1.90. The molecule has 30 heavy (non-hydrogen) atoms. The third-order valence-electron chi connectivity index (χ3n) is 5.07. The predicted octanol–water partition coefficient (Wildman–Crippen LogP) is 2.53. The van der Waals surface area contributed by atoms with Crippen molar-refractivity contribution in [1.82, 2.24) is 15.3 Å². The Labute approximate surface area is 174 Å². The zero-order chi connectivity index (χ0) is 21.4. The van der Waals surface area contributed by atoms with Crippen molar-refractivity contribution in [3.63, 3.8) is 0 Å². The van der Waals surface area contributed by atoms with E-state index in [4.69, 9.17) is 5.73 Å². The molecule has 0 saturated carbocycles. The number of carbonyl (C=O) groups excluding carboxylic acids is 1. The van der Waals surface area contributed by atoms with Gasteiger partial charge in [0.2, 0.25) is 5.91 Å². The van der Waals surface area contributed by atoms with Gasteiger partial charge >= 0.3 is 0 Å². The lowest BCUT2D eigenvalue weighted by atomic mass is 9.83. The summed E-state index contributed by atoms with van der Waals surface area (Å²) >= 11 is 0. The molecule has 3 aromatic rings. The number of hydrogen-bond donors (Lipinski definition) is 2. The molecule has 2 heterocycles. The molecule has 3 N–H and O–H groups in total. The third kappa shape index (κ3) is 5.03. The van der Waals surface area contributed by atoms with E-state index < -0.39 is 16.4 Å². The summed E-state index contributed by atoms with van der Waals surface area (Å²) in [7, 11) is 0. The Morgan fingerprint density at radius 2 is 1.83 bits per heavy atom. The number of nitro benzene ring substituents is 1. The molecule has 8 heteroatoms. The van der Waals surface area contributed by atoms with Crippen molar-refractivity contribution < 1.29 is 9.72 Å². The van der Waals surface area contributed by atoms with Crippen LogP contribution in [-0.4, -0.2) is 27.3 Å². The number of rotatable bonds is 10. The van der Waals surface area contributed by atoms with Gasteiger partial charge in [-0.05, 0) is 54.2 Å². The van der Waals surface area contributed by atoms with E-state index in [0.717, 1.165) is 11.1 Å². The topological polar surface area (TPSA) is 124 Å². The van der Waals surface area contributed by atoms with Crippen molar-refractivity contribution >= 4 is 11.6 Å². The van der Waals surface area contributed by atoms with Crippen LogP contribution in [0.2, 0.25) is 0 Å². The van der Waals surface area contributed by atoms with Gasteiger partial charge < -0.3 is 5.73 Å². The molecule has 0 saturated heterocycles. The van der Waals surface area contributed by atoms with Gasteiger partial charge in [-0.1, -0.05) is 18.2 Å². The molecule has 0 aliphatic carbocycles. The van der Waals surface area contributed by atoms with Crippen molar-refractivity contribution in [2.24, 2.45) is 5.73 Å². The number of carbonyl (C=O) groups is 1. The van der Waals surface area contributed by atoms with E-state index in [-0.39, 0.29) is 5.69 Å². The van der Waals surface area contributed by atoms with Gasteiger partial charge in [-0.2, -0.15) is 0 Å². The first-order valence-corrected chi connectivity index (χ1v) is 9.59. The average Bonchev–Trinajstić information content (AvgIpc) is 2.77. The molecule has 3 rings (SSSR count). The number of benzene rings is 1. The Morgan fingerprint density at radius 3 is 2.50 bits per heavy atom. The fraction of sp³-hybridized carbons (Fsp3) is 0.227. The number of amides is 1. The SMILES string of the molecule is NC(=O)C(CCc1ccncc1)(NCCc1cccnc1)c1cccc([N+](=O)[O-])c1. The van der Waals surface area contributed by atoms with Gasteiger partial charge in [-0.25, -0.2) is 0 Å². The summed E-state index contributed by atoms with van der Waals surface area (Å²) in [6.45, 7) is 0.452. The average molecular weight is 405 g/mol. The van der Waals surface area contributed by atoms with E-state index in [1.54, 1.807) is 36.9 Å². The standard InChI is InChI=1S/C22H23N5O3/c23-21(28)22(10-6-17-7-12-24-13-8-17,19-4-1-5-20(15-19)27(29)30)26-14-9-18-3-2-11-25-16-18/h1-5,7-8,11-13,15-16,26H,6,9-10,14H2,(H2,23,28). The number of non-ortho nitro benzene ring substituents is 1. The summed E-state index contributed by atoms with van der Waals surface area (Å²) in [4.78, 5) is 31.6. The van der Waals surface area contributed by atoms with Gasteiger partial charge in [0, 0.05) is 43.5 Å². The van der Waals surface area contributed by atoms with Crippen molar-refractivity contribution in [2.75, 3.05) is 6.54 Å². The van der Waals surface area contributed by atoms with Gasteiger partial charge in [-0.3, -0.25) is 30.2 Å². The molecule has 1 amide bonds. The summed E-state index contributed by atoms with van der Waals surface area (Å²) in [6, 6.07) is 13.6. The molecule has 0 spiro atoms. The highest BCUT2D eigenvalue weighted by Crippen LogP contribution is 2.29. The Kier molecular flexibility index (Phi) is 6.82. The fourth-order valence-electron chi connectivity index (χ4n) is 3.42. The summed E-state index contributed by atoms with van der Waals surface area (Å²) in [5.74, 6) is -0.580. The second-order valence-corrected chi connectivity index (χ2v) is 6.97. The van der Waals surface area contributed by atoms with Crippen LogP contribution in [0.1, 0.15) is 23.1 Å². The normalized spacial score (nSPS) is 12.8. The molecule has 2 aromatic heterocycles. The summed E-state index contributed by atoms with van der Waals surface area (Å²) in [5, 5.41) is 14.6. The minimum absolute atomic E-state index is 0.0869. The molecule has 1 unspecified atom stereocenters. The predicted molar refractivity (Wildman–Crippen MR) is 112 cm³/mol. The second kappa shape index (κ2) is 9.71. The largest absolute Gasteiger partial charge is 0.368 e. The molecule has 154 valence electrons. The quantitative estimate of drug-likeness (QED) is 0.394. The highest BCUT2D eigenvalue weighted by atomic mass is 16.6. The van der Waals surface area contributed by atoms with E-state index in [1.165, 1.54) is 12.1 Å². The molecule has 0 fully saturated rings. The first kappa shape index (κ1) is 21.1. The molecule has 0 aliphatic rings. The number of hydrogen-bond acceptors (Lipinski definition) is 6. The third-order valence-corrected chi connectivity index (χ3v) is 5.07. The molecule has 1 aromatic carbocycles. The Hall–Kier alpha value is -3.65. The first-order chi connectivity index (χ1) is 14.5. The summed E-state index contributed by atoms with van der Waals surface area (Å²) in [6.07, 6.45) is 8.36. The number of nitro groups is 1. The minimum atomic E-state index is -1.25. The Morgan fingerprint density at radius 1 is 1.03 bits per heavy atom. The van der Waals surface area contributed by atoms with Crippen LogP contribution in [0, 0.1) is 10.1 Å². The van der Waals surface area contributed by atoms with E-state index in [1.807, 2.05) is 24.3 Å². The maximum atomic E-state index is 12.7. The number of nitrogens with two attached hydrogens (primary N) is 1. The molecule has 0 bridgehead atoms. The lowest BCUT2D eigenvalue weighted by Crippen LogP contribution is -2.53. The number of nitrogens with zero attached hydrogens (tertiary/aromatic N) is 3. The van der Waals surface area contributed by atoms with Crippen molar-refractivity contribution in [3.8, 4) is 0 Å². The van der Waals surface area contributed by atoms with Gasteiger partial charge in [-0.15, -0.1) is 0 Å². The molecule has 8 nitrogen and oxygen atoms in total. The van der Waals surface area contributed by atoms with Crippen LogP contribution in [0.25, 0.3) is 0 Å². The highest BCUT2D eigenvalue weighted by Gasteiger charge is 2.38. The van der Waals surface area contributed by atoms with Crippen molar-refractivity contribution in [3.05, 3.63) is 100 Å². The molecular formula is C22H23N5O3. The van der Waals surface area contributed by atoms with Crippen LogP contribution in [0.4, 0.5) is 5.69 Å². The lowest BCUT2D eigenvalue weighted by molar-refractivity contribution is -0.385. The Bertz CT molecular complexity index is 998. The van der Waals surface area contributed by atoms with Gasteiger partial charge in [0.25, 0.3) is 5.69 Å². The van der Waals surface area contributed by atoms with Gasteiger partial charge in [0.1, 0.15) is 5.54 Å². The number of primary amides is 1. The smallest absolute Gasteiger partial charge is 0.269 e. The van der Waals surface area contributed by atoms with E-state index in [2.05, 4.69) is 15.3 Å². The monoisotopic (exact) mass is 405 g/mol. The summed E-state index contributed by atoms with van der Waals surface area (Å²) < 4.78 is 0. The van der Waals surface area contributed by atoms with E-state index in [9.17, 15) is 14.9 Å². The zero-order valence-electron chi connectivity index (χ0n) is 16.4. The van der Waals surface area contributed by atoms with Crippen molar-refractivity contribution in [1.29, 1.82) is 0 Å². The zero-order valence-corrected chi connectivity index (χ0v) is 16.4. The second-order valence-electron chi connectivity index (χ2n) is 6.97. The maximum absolute atomic E-state index is 12.7. The molecule has 0 radical (unpaired) electrons. The van der Waals surface area contributed by atoms with E-state index >= 15 is 0 Å². The molecular weight excluding hydrogens is 382 g/mol. The van der Waals surface area contributed by atoms with Crippen LogP contribution in [0.3, 0.4) is 0 Å². The number of aryl methyl sites for hydroxylation is 1. The van der Waals surface area contributed by atoms with Crippen LogP contribution < -0.4 is 11.1 Å². The van der Waals surface area contributed by atoms with Crippen LogP contribution >= 0.6 is 0 Å². The number of nitrogens with one attached hydrogen (secondary N) is 1. The minimum Gasteiger partial charge on any atom is -0.368 e. The van der Waals surface area contributed by atoms with Crippen LogP contribution in [0.5, 0.6) is 0 Å². The lowest BCUT2D eigenvalue weighted by Gasteiger charge is -2.32. The van der Waals surface area contributed by atoms with Crippen LogP contribution in [-0.2, 0) is 23.2 Å². The molecule has 0 aliphatic heterocycles. The highest BCUT2D eigenvalue weighted by molar-refractivity contribution is 5.86. The number of aromatic nitrogens is 2. The van der Waals surface area contributed by atoms with Crippen LogP contribution in [0.15, 0.2) is 73.3 Å². The van der Waals surface area contributed by atoms with Gasteiger partial charge in [0.15, 0.2) is 0 Å². The van der Waals surface area contributed by atoms with Crippen molar-refractivity contribution in [2.45, 2.75) is 24.8 Å². The summed E-state index contributed by atoms with van der Waals surface area (Å²) in [5.41, 5.74) is 7.02. The maximum Gasteiger partial charge on any atom is 0.269 e. The first-order valence-electron chi connectivity index (χ1n) is 9.59. The van der Waals surface area contributed by atoms with Gasteiger partial charge in [0.05, 0.1) is 4.92 Å². The fourth-order valence-corrected chi connectivity index (χ4v) is 3.42.